The third kappa shape index (κ3) is 3.54. The van der Waals surface area contributed by atoms with Crippen LogP contribution < -0.4 is 0 Å². The van der Waals surface area contributed by atoms with Crippen molar-refractivity contribution in [3.8, 4) is 0 Å². The van der Waals surface area contributed by atoms with Crippen LogP contribution in [0.25, 0.3) is 0 Å². The van der Waals surface area contributed by atoms with E-state index in [-0.39, 0.29) is 4.90 Å². The maximum absolute atomic E-state index is 10.6. The minimum Gasteiger partial charge on any atom is -0.400 e. The highest BCUT2D eigenvalue weighted by Gasteiger charge is 2.10. The monoisotopic (exact) mass is 204 g/mol. The van der Waals surface area contributed by atoms with E-state index in [1.807, 2.05) is 0 Å². The van der Waals surface area contributed by atoms with E-state index in [0.29, 0.717) is 5.56 Å². The summed E-state index contributed by atoms with van der Waals surface area (Å²) >= 11 is 0. The Hall–Kier alpha value is -0.910. The average molecular weight is 204 g/mol. The molecule has 0 heterocycles. The highest BCUT2D eigenvalue weighted by Crippen LogP contribution is 2.12. The van der Waals surface area contributed by atoms with Crippen molar-refractivity contribution in [1.82, 2.24) is 0 Å². The van der Waals surface area contributed by atoms with Gasteiger partial charge in [-0.25, -0.2) is 0 Å². The number of benzene rings is 1. The number of hydrogen-bond acceptors (Lipinski definition) is 3. The molecule has 74 valence electrons. The SMILES string of the molecule is CO.Cc1ccccc1S(=O)(=O)O. The van der Waals surface area contributed by atoms with Crippen LogP contribution in [0.2, 0.25) is 0 Å². The predicted octanol–water partition coefficient (Wildman–Crippen LogP) is 0.850. The lowest BCUT2D eigenvalue weighted by atomic mass is 10.2. The van der Waals surface area contributed by atoms with E-state index >= 15 is 0 Å². The van der Waals surface area contributed by atoms with Gasteiger partial charge < -0.3 is 5.11 Å². The largest absolute Gasteiger partial charge is 0.400 e. The lowest BCUT2D eigenvalue weighted by Crippen LogP contribution is -1.99. The van der Waals surface area contributed by atoms with Crippen molar-refractivity contribution in [1.29, 1.82) is 0 Å². The second kappa shape index (κ2) is 4.96. The lowest BCUT2D eigenvalue weighted by Gasteiger charge is -1.99. The molecule has 0 saturated carbocycles. The van der Waals surface area contributed by atoms with E-state index < -0.39 is 10.1 Å². The molecular formula is C8H12O4S. The maximum atomic E-state index is 10.6. The van der Waals surface area contributed by atoms with Gasteiger partial charge >= 0.3 is 0 Å². The molecule has 0 unspecified atom stereocenters. The Balaban J connectivity index is 0.000000671. The smallest absolute Gasteiger partial charge is 0.294 e. The average Bonchev–Trinajstić information content (AvgIpc) is 2.07. The molecule has 0 aliphatic carbocycles. The first-order valence-electron chi connectivity index (χ1n) is 3.49. The molecule has 5 heteroatoms. The number of aliphatic hydroxyl groups is 1. The molecule has 0 saturated heterocycles. The molecule has 1 aromatic rings. The number of hydrogen-bond donors (Lipinski definition) is 2. The summed E-state index contributed by atoms with van der Waals surface area (Å²) < 4.78 is 29.9. The highest BCUT2D eigenvalue weighted by atomic mass is 32.2. The van der Waals surface area contributed by atoms with Crippen LogP contribution in [0.3, 0.4) is 0 Å². The summed E-state index contributed by atoms with van der Waals surface area (Å²) in [6.45, 7) is 1.63. The standard InChI is InChI=1S/C7H8O3S.CH4O/c1-6-4-2-3-5-7(6)11(8,9)10;1-2/h2-5H,1H3,(H,8,9,10);2H,1H3. The molecule has 0 spiro atoms. The van der Waals surface area contributed by atoms with Crippen molar-refractivity contribution in [2.24, 2.45) is 0 Å². The van der Waals surface area contributed by atoms with Crippen molar-refractivity contribution < 1.29 is 18.1 Å². The van der Waals surface area contributed by atoms with Gasteiger partial charge in [-0.05, 0) is 18.6 Å². The van der Waals surface area contributed by atoms with Crippen LogP contribution >= 0.6 is 0 Å². The van der Waals surface area contributed by atoms with Crippen LogP contribution in [-0.2, 0) is 10.1 Å². The minimum atomic E-state index is -4.03. The lowest BCUT2D eigenvalue weighted by molar-refractivity contribution is 0.399. The summed E-state index contributed by atoms with van der Waals surface area (Å²) in [5.41, 5.74) is 0.551. The van der Waals surface area contributed by atoms with Gasteiger partial charge in [0.25, 0.3) is 10.1 Å². The zero-order valence-electron chi connectivity index (χ0n) is 7.43. The Bertz CT molecular complexity index is 356. The molecular weight excluding hydrogens is 192 g/mol. The van der Waals surface area contributed by atoms with Crippen molar-refractivity contribution in [3.05, 3.63) is 29.8 Å². The van der Waals surface area contributed by atoms with Crippen LogP contribution in [0.15, 0.2) is 29.2 Å². The topological polar surface area (TPSA) is 74.6 Å². The van der Waals surface area contributed by atoms with Crippen LogP contribution in [0, 0.1) is 6.92 Å². The molecule has 0 radical (unpaired) electrons. The summed E-state index contributed by atoms with van der Waals surface area (Å²) in [6, 6.07) is 6.27. The molecule has 13 heavy (non-hydrogen) atoms. The normalized spacial score (nSPS) is 10.2. The van der Waals surface area contributed by atoms with Crippen LogP contribution in [0.5, 0.6) is 0 Å². The second-order valence-corrected chi connectivity index (χ2v) is 3.63. The third-order valence-corrected chi connectivity index (χ3v) is 2.39. The second-order valence-electron chi connectivity index (χ2n) is 2.24. The van der Waals surface area contributed by atoms with Gasteiger partial charge in [-0.15, -0.1) is 0 Å². The summed E-state index contributed by atoms with van der Waals surface area (Å²) in [5.74, 6) is 0. The number of rotatable bonds is 1. The van der Waals surface area contributed by atoms with Crippen molar-refractivity contribution in [3.63, 3.8) is 0 Å². The Morgan fingerprint density at radius 3 is 1.92 bits per heavy atom. The molecule has 0 aliphatic rings. The van der Waals surface area contributed by atoms with E-state index in [0.717, 1.165) is 7.11 Å². The molecule has 0 aliphatic heterocycles. The van der Waals surface area contributed by atoms with Gasteiger partial charge in [-0.1, -0.05) is 18.2 Å². The van der Waals surface area contributed by atoms with E-state index in [2.05, 4.69) is 0 Å². The van der Waals surface area contributed by atoms with Gasteiger partial charge in [0.2, 0.25) is 0 Å². The van der Waals surface area contributed by atoms with Gasteiger partial charge in [0.1, 0.15) is 0 Å². The first-order chi connectivity index (χ1) is 6.02. The zero-order chi connectivity index (χ0) is 10.5. The quantitative estimate of drug-likeness (QED) is 0.665. The Morgan fingerprint density at radius 1 is 1.15 bits per heavy atom. The van der Waals surface area contributed by atoms with E-state index in [1.165, 1.54) is 6.07 Å². The highest BCUT2D eigenvalue weighted by molar-refractivity contribution is 7.85. The number of aryl methyl sites for hydroxylation is 1. The van der Waals surface area contributed by atoms with Crippen LogP contribution in [0.4, 0.5) is 0 Å². The van der Waals surface area contributed by atoms with Gasteiger partial charge in [0.15, 0.2) is 0 Å². The molecule has 2 N–H and O–H groups in total. The summed E-state index contributed by atoms with van der Waals surface area (Å²) in [7, 11) is -3.03. The van der Waals surface area contributed by atoms with Crippen LogP contribution in [0.1, 0.15) is 5.56 Å². The van der Waals surface area contributed by atoms with E-state index in [9.17, 15) is 8.42 Å². The number of aliphatic hydroxyl groups excluding tert-OH is 1. The Labute approximate surface area is 77.6 Å². The molecule has 0 aromatic heterocycles. The van der Waals surface area contributed by atoms with E-state index in [4.69, 9.17) is 9.66 Å². The first-order valence-corrected chi connectivity index (χ1v) is 4.93. The maximum Gasteiger partial charge on any atom is 0.294 e. The van der Waals surface area contributed by atoms with Gasteiger partial charge in [0, 0.05) is 7.11 Å². The fraction of sp³-hybridized carbons (Fsp3) is 0.250. The first kappa shape index (κ1) is 12.1. The van der Waals surface area contributed by atoms with Gasteiger partial charge in [0.05, 0.1) is 4.90 Å². The Morgan fingerprint density at radius 2 is 1.62 bits per heavy atom. The molecule has 0 fully saturated rings. The molecule has 0 atom stereocenters. The molecule has 4 nitrogen and oxygen atoms in total. The minimum absolute atomic E-state index is 0.0278. The van der Waals surface area contributed by atoms with Gasteiger partial charge in [-0.3, -0.25) is 4.55 Å². The molecule has 1 aromatic carbocycles. The van der Waals surface area contributed by atoms with Crippen molar-refractivity contribution in [2.45, 2.75) is 11.8 Å². The van der Waals surface area contributed by atoms with Crippen molar-refractivity contribution in [2.75, 3.05) is 7.11 Å². The van der Waals surface area contributed by atoms with E-state index in [1.54, 1.807) is 25.1 Å². The molecule has 0 amide bonds. The summed E-state index contributed by atoms with van der Waals surface area (Å²) in [6.07, 6.45) is 0. The predicted molar refractivity (Wildman–Crippen MR) is 49.1 cm³/mol. The molecule has 0 bridgehead atoms. The third-order valence-electron chi connectivity index (χ3n) is 1.37. The van der Waals surface area contributed by atoms with Crippen LogP contribution in [-0.4, -0.2) is 25.2 Å². The molecule has 1 rings (SSSR count). The fourth-order valence-corrected chi connectivity index (χ4v) is 1.57. The summed E-state index contributed by atoms with van der Waals surface area (Å²) in [5, 5.41) is 7.00. The Kier molecular flexibility index (Phi) is 4.61. The zero-order valence-corrected chi connectivity index (χ0v) is 8.25. The van der Waals surface area contributed by atoms with Crippen molar-refractivity contribution >= 4 is 10.1 Å². The van der Waals surface area contributed by atoms with Gasteiger partial charge in [-0.2, -0.15) is 8.42 Å². The summed E-state index contributed by atoms with van der Waals surface area (Å²) in [4.78, 5) is -0.0278. The fourth-order valence-electron chi connectivity index (χ4n) is 0.846.